The van der Waals surface area contributed by atoms with Gasteiger partial charge in [0.1, 0.15) is 5.82 Å². The van der Waals surface area contributed by atoms with Gasteiger partial charge in [-0.25, -0.2) is 4.39 Å². The highest BCUT2D eigenvalue weighted by molar-refractivity contribution is 5.92. The van der Waals surface area contributed by atoms with E-state index in [1.165, 1.54) is 23.8 Å². The summed E-state index contributed by atoms with van der Waals surface area (Å²) in [6.45, 7) is 1.12. The van der Waals surface area contributed by atoms with Gasteiger partial charge in [0.25, 0.3) is 0 Å². The average Bonchev–Trinajstić information content (AvgIpc) is 2.46. The second-order valence-electron chi connectivity index (χ2n) is 4.58. The second kappa shape index (κ2) is 6.82. The van der Waals surface area contributed by atoms with Crippen molar-refractivity contribution in [3.8, 4) is 0 Å². The minimum Gasteiger partial charge on any atom is -0.366 e. The third kappa shape index (κ3) is 3.90. The van der Waals surface area contributed by atoms with E-state index in [1.807, 2.05) is 18.2 Å². The Morgan fingerprint density at radius 1 is 1.15 bits per heavy atom. The van der Waals surface area contributed by atoms with Gasteiger partial charge in [-0.3, -0.25) is 4.79 Å². The molecule has 2 aromatic carbocycles. The van der Waals surface area contributed by atoms with Crippen molar-refractivity contribution < 1.29 is 9.18 Å². The Bertz CT molecular complexity index is 584. The summed E-state index contributed by atoms with van der Waals surface area (Å²) < 4.78 is 13.6. The topological polar surface area (TPSA) is 55.1 Å². The summed E-state index contributed by atoms with van der Waals surface area (Å²) in [5, 5.41) is 3.17. The molecule has 0 aliphatic heterocycles. The standard InChI is InChI=1S/C16H17FN2O/c17-15-7-6-13(16(18)20)10-14(15)11-19-9-8-12-4-2-1-3-5-12/h1-7,10,19H,8-9,11H2,(H2,18,20). The maximum atomic E-state index is 13.6. The number of rotatable bonds is 6. The van der Waals surface area contributed by atoms with E-state index in [-0.39, 0.29) is 5.82 Å². The smallest absolute Gasteiger partial charge is 0.248 e. The minimum atomic E-state index is -0.546. The van der Waals surface area contributed by atoms with Crippen molar-refractivity contribution >= 4 is 5.91 Å². The molecular weight excluding hydrogens is 255 g/mol. The first-order valence-electron chi connectivity index (χ1n) is 6.49. The summed E-state index contributed by atoms with van der Waals surface area (Å²) >= 11 is 0. The molecule has 0 aliphatic rings. The lowest BCUT2D eigenvalue weighted by Crippen LogP contribution is -2.18. The molecule has 3 N–H and O–H groups in total. The lowest BCUT2D eigenvalue weighted by Gasteiger charge is -2.07. The number of carbonyl (C=O) groups is 1. The quantitative estimate of drug-likeness (QED) is 0.792. The third-order valence-corrected chi connectivity index (χ3v) is 3.08. The molecule has 0 saturated carbocycles. The van der Waals surface area contributed by atoms with E-state index in [1.54, 1.807) is 0 Å². The largest absolute Gasteiger partial charge is 0.366 e. The second-order valence-corrected chi connectivity index (χ2v) is 4.58. The van der Waals surface area contributed by atoms with Gasteiger partial charge in [-0.2, -0.15) is 0 Å². The van der Waals surface area contributed by atoms with Crippen molar-refractivity contribution in [2.45, 2.75) is 13.0 Å². The van der Waals surface area contributed by atoms with Crippen LogP contribution in [0.2, 0.25) is 0 Å². The van der Waals surface area contributed by atoms with Gasteiger partial charge in [0.2, 0.25) is 5.91 Å². The Labute approximate surface area is 117 Å². The van der Waals surface area contributed by atoms with Crippen molar-refractivity contribution in [3.63, 3.8) is 0 Å². The van der Waals surface area contributed by atoms with Crippen LogP contribution in [-0.4, -0.2) is 12.5 Å². The first-order chi connectivity index (χ1) is 9.66. The molecule has 0 spiro atoms. The van der Waals surface area contributed by atoms with Crippen LogP contribution in [0.15, 0.2) is 48.5 Å². The molecule has 2 aromatic rings. The number of nitrogens with two attached hydrogens (primary N) is 1. The van der Waals surface area contributed by atoms with Crippen molar-refractivity contribution in [2.75, 3.05) is 6.54 Å². The molecule has 1 amide bonds. The molecule has 20 heavy (non-hydrogen) atoms. The van der Waals surface area contributed by atoms with Gasteiger partial charge in [0.15, 0.2) is 0 Å². The molecule has 0 unspecified atom stereocenters. The summed E-state index contributed by atoms with van der Waals surface area (Å²) in [5.74, 6) is -0.877. The zero-order valence-electron chi connectivity index (χ0n) is 11.1. The molecule has 0 aromatic heterocycles. The molecule has 4 heteroatoms. The molecule has 0 saturated heterocycles. The zero-order valence-corrected chi connectivity index (χ0v) is 11.1. The fourth-order valence-corrected chi connectivity index (χ4v) is 1.96. The van der Waals surface area contributed by atoms with E-state index in [0.717, 1.165) is 13.0 Å². The van der Waals surface area contributed by atoms with Gasteiger partial charge in [0.05, 0.1) is 0 Å². The Balaban J connectivity index is 1.88. The molecule has 0 bridgehead atoms. The van der Waals surface area contributed by atoms with Gasteiger partial charge in [-0.15, -0.1) is 0 Å². The van der Waals surface area contributed by atoms with Crippen LogP contribution in [0.25, 0.3) is 0 Å². The van der Waals surface area contributed by atoms with Crippen molar-refractivity contribution in [1.82, 2.24) is 5.32 Å². The van der Waals surface area contributed by atoms with E-state index in [9.17, 15) is 9.18 Å². The zero-order chi connectivity index (χ0) is 14.4. The van der Waals surface area contributed by atoms with Gasteiger partial charge in [-0.05, 0) is 36.7 Å². The Morgan fingerprint density at radius 3 is 2.60 bits per heavy atom. The molecule has 0 fully saturated rings. The molecule has 0 atom stereocenters. The highest BCUT2D eigenvalue weighted by Crippen LogP contribution is 2.10. The molecule has 2 rings (SSSR count). The fraction of sp³-hybridized carbons (Fsp3) is 0.188. The summed E-state index contributed by atoms with van der Waals surface area (Å²) in [5.41, 5.74) is 7.19. The molecule has 0 radical (unpaired) electrons. The molecule has 104 valence electrons. The summed E-state index contributed by atoms with van der Waals surface area (Å²) in [6, 6.07) is 14.2. The molecular formula is C16H17FN2O. The number of amides is 1. The number of carbonyl (C=O) groups excluding carboxylic acids is 1. The van der Waals surface area contributed by atoms with E-state index in [2.05, 4.69) is 17.4 Å². The van der Waals surface area contributed by atoms with Crippen LogP contribution in [-0.2, 0) is 13.0 Å². The number of hydrogen-bond acceptors (Lipinski definition) is 2. The Morgan fingerprint density at radius 2 is 1.90 bits per heavy atom. The van der Waals surface area contributed by atoms with Gasteiger partial charge in [0, 0.05) is 17.7 Å². The normalized spacial score (nSPS) is 10.4. The SMILES string of the molecule is NC(=O)c1ccc(F)c(CNCCc2ccccc2)c1. The monoisotopic (exact) mass is 272 g/mol. The van der Waals surface area contributed by atoms with Crippen LogP contribution in [0.3, 0.4) is 0 Å². The predicted molar refractivity (Wildman–Crippen MR) is 76.8 cm³/mol. The van der Waals surface area contributed by atoms with Crippen LogP contribution in [0.5, 0.6) is 0 Å². The number of hydrogen-bond donors (Lipinski definition) is 2. The maximum absolute atomic E-state index is 13.6. The van der Waals surface area contributed by atoms with E-state index < -0.39 is 5.91 Å². The lowest BCUT2D eigenvalue weighted by molar-refractivity contribution is 0.1000. The predicted octanol–water partition coefficient (Wildman–Crippen LogP) is 2.26. The number of halogens is 1. The Hall–Kier alpha value is -2.20. The van der Waals surface area contributed by atoms with Crippen LogP contribution in [0.4, 0.5) is 4.39 Å². The molecule has 0 aliphatic carbocycles. The van der Waals surface area contributed by atoms with Crippen LogP contribution in [0.1, 0.15) is 21.5 Å². The Kier molecular flexibility index (Phi) is 4.85. The number of benzene rings is 2. The number of nitrogens with one attached hydrogen (secondary N) is 1. The van der Waals surface area contributed by atoms with Gasteiger partial charge >= 0.3 is 0 Å². The van der Waals surface area contributed by atoms with Crippen molar-refractivity contribution in [2.24, 2.45) is 5.73 Å². The first-order valence-corrected chi connectivity index (χ1v) is 6.49. The molecule has 0 heterocycles. The van der Waals surface area contributed by atoms with E-state index in [4.69, 9.17) is 5.73 Å². The van der Waals surface area contributed by atoms with Crippen LogP contribution < -0.4 is 11.1 Å². The van der Waals surface area contributed by atoms with Gasteiger partial charge in [-0.1, -0.05) is 30.3 Å². The minimum absolute atomic E-state index is 0.325. The lowest BCUT2D eigenvalue weighted by atomic mass is 10.1. The fourth-order valence-electron chi connectivity index (χ4n) is 1.96. The highest BCUT2D eigenvalue weighted by atomic mass is 19.1. The summed E-state index contributed by atoms with van der Waals surface area (Å²) in [7, 11) is 0. The van der Waals surface area contributed by atoms with E-state index in [0.29, 0.717) is 17.7 Å². The maximum Gasteiger partial charge on any atom is 0.248 e. The van der Waals surface area contributed by atoms with E-state index >= 15 is 0 Å². The first kappa shape index (κ1) is 14.2. The summed E-state index contributed by atoms with van der Waals surface area (Å²) in [4.78, 5) is 11.1. The molecule has 3 nitrogen and oxygen atoms in total. The van der Waals surface area contributed by atoms with Gasteiger partial charge < -0.3 is 11.1 Å². The summed E-state index contributed by atoms with van der Waals surface area (Å²) in [6.07, 6.45) is 0.873. The number of primary amides is 1. The average molecular weight is 272 g/mol. The third-order valence-electron chi connectivity index (χ3n) is 3.08. The highest BCUT2D eigenvalue weighted by Gasteiger charge is 2.06. The van der Waals surface area contributed by atoms with Crippen molar-refractivity contribution in [3.05, 3.63) is 71.0 Å². The van der Waals surface area contributed by atoms with Crippen LogP contribution in [0, 0.1) is 5.82 Å². The van der Waals surface area contributed by atoms with Crippen LogP contribution >= 0.6 is 0 Å². The van der Waals surface area contributed by atoms with Crippen molar-refractivity contribution in [1.29, 1.82) is 0 Å².